The van der Waals surface area contributed by atoms with Gasteiger partial charge in [-0.3, -0.25) is 4.79 Å². The van der Waals surface area contributed by atoms with Crippen LogP contribution in [0.15, 0.2) is 0 Å². The molecule has 0 aromatic carbocycles. The van der Waals surface area contributed by atoms with E-state index in [0.717, 1.165) is 5.92 Å². The minimum absolute atomic E-state index is 0.451. The number of rotatable bonds is 2. The van der Waals surface area contributed by atoms with E-state index in [1.54, 1.807) is 0 Å². The van der Waals surface area contributed by atoms with Crippen LogP contribution in [0.5, 0.6) is 0 Å². The summed E-state index contributed by atoms with van der Waals surface area (Å²) >= 11 is 0. The zero-order valence-electron chi connectivity index (χ0n) is 16.2. The minimum Gasteiger partial charge on any atom is -0.299 e. The van der Waals surface area contributed by atoms with E-state index in [2.05, 4.69) is 6.92 Å². The fourth-order valence-corrected chi connectivity index (χ4v) is 4.41. The average Bonchev–Trinajstić information content (AvgIpc) is 2.65. The molecule has 23 heavy (non-hydrogen) atoms. The molecule has 3 aliphatic carbocycles. The van der Waals surface area contributed by atoms with Crippen LogP contribution in [0.3, 0.4) is 0 Å². The highest BCUT2D eigenvalue weighted by Crippen LogP contribution is 2.32. The van der Waals surface area contributed by atoms with Crippen LogP contribution in [-0.4, -0.2) is 5.78 Å². The Kier molecular flexibility index (Phi) is 11.7. The summed E-state index contributed by atoms with van der Waals surface area (Å²) in [4.78, 5) is 12.2. The Morgan fingerprint density at radius 3 is 1.13 bits per heavy atom. The van der Waals surface area contributed by atoms with Crippen LogP contribution in [0.4, 0.5) is 0 Å². The van der Waals surface area contributed by atoms with E-state index in [4.69, 9.17) is 0 Å². The van der Waals surface area contributed by atoms with Gasteiger partial charge in [0.05, 0.1) is 0 Å². The fraction of sp³-hybridized carbons (Fsp3) is 0.955. The van der Waals surface area contributed by atoms with Gasteiger partial charge in [-0.1, -0.05) is 91.4 Å². The highest BCUT2D eigenvalue weighted by Gasteiger charge is 2.28. The van der Waals surface area contributed by atoms with Gasteiger partial charge in [0.15, 0.2) is 0 Å². The smallest absolute Gasteiger partial charge is 0.139 e. The fourth-order valence-electron chi connectivity index (χ4n) is 4.41. The van der Waals surface area contributed by atoms with Crippen molar-refractivity contribution in [2.45, 2.75) is 117 Å². The molecule has 136 valence electrons. The summed E-state index contributed by atoms with van der Waals surface area (Å²) in [5.74, 6) is 2.57. The molecule has 0 N–H and O–H groups in total. The summed E-state index contributed by atoms with van der Waals surface area (Å²) in [7, 11) is 0. The van der Waals surface area contributed by atoms with Crippen LogP contribution in [0.1, 0.15) is 117 Å². The van der Waals surface area contributed by atoms with Crippen molar-refractivity contribution >= 4 is 5.78 Å². The second kappa shape index (κ2) is 13.0. The molecule has 0 aliphatic heterocycles. The summed E-state index contributed by atoms with van der Waals surface area (Å²) < 4.78 is 0. The second-order valence-corrected chi connectivity index (χ2v) is 7.82. The maximum Gasteiger partial charge on any atom is 0.139 e. The number of Topliss-reactive ketones (excluding diaryl/α,β-unsaturated/α-hetero) is 1. The van der Waals surface area contributed by atoms with Gasteiger partial charge in [0, 0.05) is 11.8 Å². The van der Waals surface area contributed by atoms with Gasteiger partial charge in [0.2, 0.25) is 0 Å². The molecular formula is C22H42O. The van der Waals surface area contributed by atoms with E-state index in [0.29, 0.717) is 17.6 Å². The van der Waals surface area contributed by atoms with Crippen molar-refractivity contribution in [3.8, 4) is 0 Å². The molecule has 0 aromatic rings. The summed E-state index contributed by atoms with van der Waals surface area (Å²) in [5.41, 5.74) is 0. The lowest BCUT2D eigenvalue weighted by atomic mass is 9.77. The van der Waals surface area contributed by atoms with Gasteiger partial charge in [-0.25, -0.2) is 0 Å². The van der Waals surface area contributed by atoms with Crippen LogP contribution >= 0.6 is 0 Å². The van der Waals surface area contributed by atoms with Gasteiger partial charge >= 0.3 is 0 Å². The van der Waals surface area contributed by atoms with Crippen LogP contribution in [-0.2, 0) is 4.79 Å². The maximum atomic E-state index is 12.2. The Bertz CT molecular complexity index is 258. The standard InChI is InChI=1S/C13H22O.C7H14.C2H6/c14-13(11-7-3-1-4-8-11)12-9-5-2-6-10-12;1-7-5-3-2-4-6-7;1-2/h11-12H,1-10H2;7H,2-6H2,1H3;1-2H3. The molecule has 0 spiro atoms. The van der Waals surface area contributed by atoms with Crippen molar-refractivity contribution in [1.82, 2.24) is 0 Å². The van der Waals surface area contributed by atoms with E-state index >= 15 is 0 Å². The van der Waals surface area contributed by atoms with E-state index in [1.165, 1.54) is 96.3 Å². The largest absolute Gasteiger partial charge is 0.299 e. The molecule has 1 heteroatoms. The first-order valence-electron chi connectivity index (χ1n) is 10.8. The van der Waals surface area contributed by atoms with E-state index in [-0.39, 0.29) is 0 Å². The molecule has 0 heterocycles. The zero-order valence-corrected chi connectivity index (χ0v) is 16.2. The first-order valence-corrected chi connectivity index (χ1v) is 10.8. The Hall–Kier alpha value is -0.330. The van der Waals surface area contributed by atoms with Crippen LogP contribution in [0, 0.1) is 17.8 Å². The summed E-state index contributed by atoms with van der Waals surface area (Å²) in [6.45, 7) is 6.36. The van der Waals surface area contributed by atoms with Gasteiger partial charge in [0.1, 0.15) is 5.78 Å². The summed E-state index contributed by atoms with van der Waals surface area (Å²) in [6.07, 6.45) is 20.1. The predicted molar refractivity (Wildman–Crippen MR) is 102 cm³/mol. The number of hydrogen-bond acceptors (Lipinski definition) is 1. The quantitative estimate of drug-likeness (QED) is 0.520. The van der Waals surface area contributed by atoms with Crippen molar-refractivity contribution in [2.75, 3.05) is 0 Å². The van der Waals surface area contributed by atoms with Gasteiger partial charge in [0.25, 0.3) is 0 Å². The lowest BCUT2D eigenvalue weighted by Gasteiger charge is -2.27. The minimum atomic E-state index is 0.451. The van der Waals surface area contributed by atoms with Gasteiger partial charge in [-0.2, -0.15) is 0 Å². The molecule has 3 saturated carbocycles. The molecule has 1 nitrogen and oxygen atoms in total. The second-order valence-electron chi connectivity index (χ2n) is 7.82. The molecule has 0 bridgehead atoms. The van der Waals surface area contributed by atoms with E-state index in [1.807, 2.05) is 13.8 Å². The average molecular weight is 323 g/mol. The molecule has 0 aromatic heterocycles. The molecule has 3 aliphatic rings. The van der Waals surface area contributed by atoms with Crippen molar-refractivity contribution in [3.63, 3.8) is 0 Å². The van der Waals surface area contributed by atoms with Crippen LogP contribution in [0.2, 0.25) is 0 Å². The molecule has 0 radical (unpaired) electrons. The Labute approximate surface area is 146 Å². The summed E-state index contributed by atoms with van der Waals surface area (Å²) in [5, 5.41) is 0. The molecule has 0 saturated heterocycles. The highest BCUT2D eigenvalue weighted by atomic mass is 16.1. The molecule has 3 fully saturated rings. The first-order chi connectivity index (χ1) is 11.3. The third-order valence-corrected chi connectivity index (χ3v) is 5.91. The third-order valence-electron chi connectivity index (χ3n) is 5.91. The molecule has 0 unspecified atom stereocenters. The number of carbonyl (C=O) groups excluding carboxylic acids is 1. The normalized spacial score (nSPS) is 24.0. The molecule has 0 atom stereocenters. The maximum absolute atomic E-state index is 12.2. The Balaban J connectivity index is 0.000000247. The third kappa shape index (κ3) is 8.36. The van der Waals surface area contributed by atoms with Gasteiger partial charge in [-0.05, 0) is 31.6 Å². The van der Waals surface area contributed by atoms with Crippen molar-refractivity contribution < 1.29 is 4.79 Å². The van der Waals surface area contributed by atoms with Gasteiger partial charge in [-0.15, -0.1) is 0 Å². The molecule has 3 rings (SSSR count). The Morgan fingerprint density at radius 1 is 0.565 bits per heavy atom. The van der Waals surface area contributed by atoms with E-state index < -0.39 is 0 Å². The SMILES string of the molecule is CC.CC1CCCCC1.O=C(C1CCCCC1)C1CCCCC1. The number of carbonyl (C=O) groups is 1. The number of ketones is 1. The van der Waals surface area contributed by atoms with Crippen molar-refractivity contribution in [1.29, 1.82) is 0 Å². The van der Waals surface area contributed by atoms with E-state index in [9.17, 15) is 4.79 Å². The van der Waals surface area contributed by atoms with Gasteiger partial charge < -0.3 is 0 Å². The summed E-state index contributed by atoms with van der Waals surface area (Å²) in [6, 6.07) is 0. The Morgan fingerprint density at radius 2 is 0.870 bits per heavy atom. The van der Waals surface area contributed by atoms with Crippen LogP contribution < -0.4 is 0 Å². The first kappa shape index (κ1) is 20.7. The van der Waals surface area contributed by atoms with Crippen molar-refractivity contribution in [3.05, 3.63) is 0 Å². The monoisotopic (exact) mass is 322 g/mol. The van der Waals surface area contributed by atoms with Crippen molar-refractivity contribution in [2.24, 2.45) is 17.8 Å². The highest BCUT2D eigenvalue weighted by molar-refractivity contribution is 5.83. The lowest BCUT2D eigenvalue weighted by molar-refractivity contribution is -0.128. The van der Waals surface area contributed by atoms with Crippen LogP contribution in [0.25, 0.3) is 0 Å². The zero-order chi connectivity index (χ0) is 16.9. The molecule has 0 amide bonds. The predicted octanol–water partition coefficient (Wildman–Crippen LogP) is 7.33. The lowest BCUT2D eigenvalue weighted by Crippen LogP contribution is -2.27. The number of hydrogen-bond donors (Lipinski definition) is 0. The topological polar surface area (TPSA) is 17.1 Å². The molecular weight excluding hydrogens is 280 g/mol.